The summed E-state index contributed by atoms with van der Waals surface area (Å²) in [5.74, 6) is -4.75. The minimum absolute atomic E-state index is 0.0690. The van der Waals surface area contributed by atoms with E-state index in [0.29, 0.717) is 24.8 Å². The first-order valence-corrected chi connectivity index (χ1v) is 13.1. The van der Waals surface area contributed by atoms with Gasteiger partial charge in [0.25, 0.3) is 0 Å². The van der Waals surface area contributed by atoms with E-state index >= 15 is 0 Å². The second-order valence-electron chi connectivity index (χ2n) is 10.5. The third-order valence-electron chi connectivity index (χ3n) is 7.12. The van der Waals surface area contributed by atoms with Gasteiger partial charge in [-0.15, -0.1) is 0 Å². The number of rotatable bonds is 4. The van der Waals surface area contributed by atoms with Gasteiger partial charge in [0.05, 0.1) is 36.0 Å². The number of nitriles is 1. The number of likely N-dealkylation sites (tertiary alicyclic amines) is 1. The number of anilines is 1. The first kappa shape index (κ1) is 32.5. The summed E-state index contributed by atoms with van der Waals surface area (Å²) in [5, 5.41) is 28.1. The molecule has 1 unspecified atom stereocenters. The first-order chi connectivity index (χ1) is 20.6. The lowest BCUT2D eigenvalue weighted by Crippen LogP contribution is -2.40. The monoisotopic (exact) mass is 628 g/mol. The predicted octanol–water partition coefficient (Wildman–Crippen LogP) is 4.34. The number of carboxylic acid groups (broad SMARTS) is 2. The summed E-state index contributed by atoms with van der Waals surface area (Å²) in [6.07, 6.45) is -2.70. The molecular formula is C27H26F6N6O5. The average molecular weight is 629 g/mol. The number of aromatic amines is 1. The van der Waals surface area contributed by atoms with E-state index in [-0.39, 0.29) is 5.41 Å². The number of hydrogen-bond donors (Lipinski definition) is 4. The second kappa shape index (κ2) is 12.7. The molecule has 6 rings (SSSR count). The van der Waals surface area contributed by atoms with Gasteiger partial charge in [0.2, 0.25) is 5.95 Å². The van der Waals surface area contributed by atoms with Crippen LogP contribution in [0.1, 0.15) is 41.6 Å². The number of carboxylic acids is 2. The van der Waals surface area contributed by atoms with Crippen LogP contribution in [0.15, 0.2) is 30.6 Å². The molecule has 44 heavy (non-hydrogen) atoms. The van der Waals surface area contributed by atoms with Gasteiger partial charge in [-0.25, -0.2) is 19.6 Å². The van der Waals surface area contributed by atoms with Gasteiger partial charge < -0.3 is 25.3 Å². The van der Waals surface area contributed by atoms with Gasteiger partial charge in [-0.2, -0.15) is 31.6 Å². The highest BCUT2D eigenvalue weighted by Crippen LogP contribution is 2.40. The van der Waals surface area contributed by atoms with Crippen molar-refractivity contribution in [2.24, 2.45) is 0 Å². The zero-order valence-electron chi connectivity index (χ0n) is 22.8. The SMILES string of the molecule is N#Cc1ccc2[nH]cc(CN3CCC4(COCc5cnc(NC6CC6)nc54)C3)c2c1.O=C(O)C(F)(F)F.O=C(O)C(F)(F)F. The Morgan fingerprint density at radius 3 is 2.41 bits per heavy atom. The second-order valence-corrected chi connectivity index (χ2v) is 10.5. The van der Waals surface area contributed by atoms with Crippen molar-refractivity contribution in [2.45, 2.75) is 56.2 Å². The molecule has 1 saturated heterocycles. The molecular weight excluding hydrogens is 602 g/mol. The number of aromatic nitrogens is 3. The van der Waals surface area contributed by atoms with Gasteiger partial charge in [0, 0.05) is 48.0 Å². The highest BCUT2D eigenvalue weighted by Gasteiger charge is 2.45. The topological polar surface area (TPSA) is 164 Å². The maximum atomic E-state index is 10.6. The highest BCUT2D eigenvalue weighted by molar-refractivity contribution is 5.84. The molecule has 2 fully saturated rings. The fourth-order valence-corrected chi connectivity index (χ4v) is 4.90. The van der Waals surface area contributed by atoms with E-state index in [2.05, 4.69) is 32.5 Å². The molecule has 2 aliphatic heterocycles. The van der Waals surface area contributed by atoms with Crippen LogP contribution < -0.4 is 5.32 Å². The Labute approximate surface area is 245 Å². The Morgan fingerprint density at radius 1 is 1.16 bits per heavy atom. The van der Waals surface area contributed by atoms with E-state index in [9.17, 15) is 31.6 Å². The molecule has 17 heteroatoms. The third-order valence-corrected chi connectivity index (χ3v) is 7.12. The van der Waals surface area contributed by atoms with Crippen LogP contribution in [0.5, 0.6) is 0 Å². The normalized spacial score (nSPS) is 19.7. The molecule has 1 atom stereocenters. The van der Waals surface area contributed by atoms with E-state index in [1.807, 2.05) is 24.4 Å². The van der Waals surface area contributed by atoms with Crippen LogP contribution in [0.4, 0.5) is 32.3 Å². The number of halogens is 6. The van der Waals surface area contributed by atoms with Gasteiger partial charge in [-0.3, -0.25) is 4.90 Å². The van der Waals surface area contributed by atoms with Gasteiger partial charge in [0.1, 0.15) is 0 Å². The van der Waals surface area contributed by atoms with E-state index in [4.69, 9.17) is 29.5 Å². The van der Waals surface area contributed by atoms with Gasteiger partial charge in [-0.1, -0.05) is 0 Å². The predicted molar refractivity (Wildman–Crippen MR) is 140 cm³/mol. The van der Waals surface area contributed by atoms with E-state index in [0.717, 1.165) is 48.5 Å². The number of H-pyrrole nitrogens is 1. The minimum Gasteiger partial charge on any atom is -0.475 e. The standard InChI is InChI=1S/C23H24N6O.2C2HF3O2/c24-8-15-1-4-20-19(7-15)16(9-25-20)11-29-6-5-23(13-29)14-30-12-17-10-26-22(28-21(17)23)27-18-2-3-18;2*3-2(4,5)1(6)7/h1,4,7,9-10,18,25H,2-3,5-6,11-14H2,(H,26,27,28);2*(H,6,7). The van der Waals surface area contributed by atoms with Crippen LogP contribution in [-0.4, -0.2) is 80.1 Å². The van der Waals surface area contributed by atoms with Crippen molar-refractivity contribution in [3.63, 3.8) is 0 Å². The van der Waals surface area contributed by atoms with Crippen molar-refractivity contribution in [3.05, 3.63) is 53.0 Å². The van der Waals surface area contributed by atoms with Crippen molar-refractivity contribution in [1.82, 2.24) is 19.9 Å². The molecule has 4 heterocycles. The summed E-state index contributed by atoms with van der Waals surface area (Å²) in [6, 6.07) is 8.61. The fourth-order valence-electron chi connectivity index (χ4n) is 4.90. The molecule has 4 N–H and O–H groups in total. The number of benzene rings is 1. The Balaban J connectivity index is 0.000000265. The molecule has 2 aromatic heterocycles. The summed E-state index contributed by atoms with van der Waals surface area (Å²) in [6.45, 7) is 4.08. The van der Waals surface area contributed by atoms with Gasteiger partial charge in [0.15, 0.2) is 0 Å². The number of aliphatic carboxylic acids is 2. The molecule has 1 aliphatic carbocycles. The zero-order valence-corrected chi connectivity index (χ0v) is 22.8. The molecule has 0 bridgehead atoms. The average Bonchev–Trinajstić information content (AvgIpc) is 3.55. The zero-order chi connectivity index (χ0) is 32.3. The van der Waals surface area contributed by atoms with E-state index in [1.54, 1.807) is 0 Å². The summed E-state index contributed by atoms with van der Waals surface area (Å²) in [5.41, 5.74) is 5.22. The van der Waals surface area contributed by atoms with Gasteiger partial charge in [-0.05, 0) is 49.6 Å². The maximum Gasteiger partial charge on any atom is 0.490 e. The number of ether oxygens (including phenoxy) is 1. The Morgan fingerprint density at radius 2 is 1.82 bits per heavy atom. The minimum atomic E-state index is -5.08. The molecule has 236 valence electrons. The summed E-state index contributed by atoms with van der Waals surface area (Å²) < 4.78 is 69.5. The highest BCUT2D eigenvalue weighted by atomic mass is 19.4. The lowest BCUT2D eigenvalue weighted by molar-refractivity contribution is -0.193. The van der Waals surface area contributed by atoms with Crippen molar-refractivity contribution in [3.8, 4) is 6.07 Å². The largest absolute Gasteiger partial charge is 0.490 e. The maximum absolute atomic E-state index is 10.6. The first-order valence-electron chi connectivity index (χ1n) is 13.1. The summed E-state index contributed by atoms with van der Waals surface area (Å²) >= 11 is 0. The number of nitrogens with zero attached hydrogens (tertiary/aromatic N) is 4. The van der Waals surface area contributed by atoms with Gasteiger partial charge >= 0.3 is 24.3 Å². The summed E-state index contributed by atoms with van der Waals surface area (Å²) in [7, 11) is 0. The number of nitrogens with one attached hydrogen (secondary N) is 2. The van der Waals surface area contributed by atoms with Crippen LogP contribution in [0.25, 0.3) is 10.9 Å². The fraction of sp³-hybridized carbons (Fsp3) is 0.444. The Hall–Kier alpha value is -4.43. The molecule has 1 aromatic carbocycles. The molecule has 11 nitrogen and oxygen atoms in total. The van der Waals surface area contributed by atoms with Crippen LogP contribution >= 0.6 is 0 Å². The molecule has 3 aliphatic rings. The van der Waals surface area contributed by atoms with Crippen molar-refractivity contribution in [1.29, 1.82) is 5.26 Å². The number of fused-ring (bicyclic) bond motifs is 3. The Kier molecular flexibility index (Phi) is 9.35. The van der Waals surface area contributed by atoms with Crippen LogP contribution in [0.3, 0.4) is 0 Å². The number of carbonyl (C=O) groups is 2. The van der Waals surface area contributed by atoms with Crippen molar-refractivity contribution < 1.29 is 50.9 Å². The van der Waals surface area contributed by atoms with E-state index in [1.165, 1.54) is 24.1 Å². The molecule has 0 amide bonds. The van der Waals surface area contributed by atoms with E-state index < -0.39 is 24.3 Å². The van der Waals surface area contributed by atoms with Crippen LogP contribution in [0.2, 0.25) is 0 Å². The third kappa shape index (κ3) is 7.94. The van der Waals surface area contributed by atoms with Crippen LogP contribution in [0, 0.1) is 11.3 Å². The molecule has 1 spiro atoms. The Bertz CT molecular complexity index is 1540. The smallest absolute Gasteiger partial charge is 0.475 e. The summed E-state index contributed by atoms with van der Waals surface area (Å²) in [4.78, 5) is 33.1. The number of alkyl halides is 6. The number of hydrogen-bond acceptors (Lipinski definition) is 8. The van der Waals surface area contributed by atoms with Crippen molar-refractivity contribution in [2.75, 3.05) is 25.0 Å². The molecule has 1 saturated carbocycles. The van der Waals surface area contributed by atoms with Crippen molar-refractivity contribution >= 4 is 28.8 Å². The lowest BCUT2D eigenvalue weighted by Gasteiger charge is -2.34. The molecule has 0 radical (unpaired) electrons. The lowest BCUT2D eigenvalue weighted by atomic mass is 9.80. The quantitative estimate of drug-likeness (QED) is 0.306. The van der Waals surface area contributed by atoms with Crippen LogP contribution in [-0.2, 0) is 32.9 Å². The molecule has 3 aromatic rings.